The van der Waals surface area contributed by atoms with Crippen LogP contribution < -0.4 is 23.7 Å². The van der Waals surface area contributed by atoms with Crippen LogP contribution in [0.25, 0.3) is 12.2 Å². The summed E-state index contributed by atoms with van der Waals surface area (Å²) in [6.45, 7) is 0.147. The van der Waals surface area contributed by atoms with Gasteiger partial charge in [0.1, 0.15) is 6.61 Å². The number of hydrogen-bond donors (Lipinski definition) is 0. The molecule has 0 aliphatic rings. The third kappa shape index (κ3) is 5.58. The largest absolute Gasteiger partial charge is 0.493 e. The van der Waals surface area contributed by atoms with Crippen LogP contribution >= 0.6 is 0 Å². The van der Waals surface area contributed by atoms with Crippen molar-refractivity contribution in [2.24, 2.45) is 0 Å². The Kier molecular flexibility index (Phi) is 8.40. The molecule has 6 nitrogen and oxygen atoms in total. The van der Waals surface area contributed by atoms with Crippen molar-refractivity contribution in [2.45, 2.75) is 0 Å². The van der Waals surface area contributed by atoms with E-state index in [0.717, 1.165) is 5.56 Å². The van der Waals surface area contributed by atoms with Gasteiger partial charge in [0.15, 0.2) is 28.8 Å². The number of benzene rings is 2. The molecule has 0 aliphatic carbocycles. The summed E-state index contributed by atoms with van der Waals surface area (Å²) in [5.41, 5.74) is 1.47. The maximum atomic E-state index is 12.3. The summed E-state index contributed by atoms with van der Waals surface area (Å²) in [4.78, 5) is 12.3. The molecule has 0 radical (unpaired) electrons. The number of hydrogen-bond acceptors (Lipinski definition) is 6. The van der Waals surface area contributed by atoms with Crippen LogP contribution in [0.3, 0.4) is 0 Å². The van der Waals surface area contributed by atoms with Gasteiger partial charge in [-0.1, -0.05) is 18.1 Å². The maximum Gasteiger partial charge on any atom is 0.203 e. The van der Waals surface area contributed by atoms with Gasteiger partial charge in [-0.3, -0.25) is 4.79 Å². The molecule has 0 unspecified atom stereocenters. The van der Waals surface area contributed by atoms with Gasteiger partial charge in [0.05, 0.1) is 28.4 Å². The standard InChI is InChI=1S/C24H24O6/c1-6-15-30-20-13-8-17(16-22(20)27-3)7-11-19(25)12-9-18-10-14-21(26-2)24(29-5)23(18)28-4/h1,7-14,16H,15H2,2-5H3/b11-7+,12-9+. The van der Waals surface area contributed by atoms with Crippen LogP contribution in [0.4, 0.5) is 0 Å². The number of terminal acetylenes is 1. The van der Waals surface area contributed by atoms with Crippen molar-refractivity contribution in [1.29, 1.82) is 0 Å². The number of allylic oxidation sites excluding steroid dienone is 2. The van der Waals surface area contributed by atoms with Gasteiger partial charge < -0.3 is 23.7 Å². The molecule has 0 aliphatic heterocycles. The van der Waals surface area contributed by atoms with E-state index in [1.165, 1.54) is 33.5 Å². The molecule has 0 N–H and O–H groups in total. The highest BCUT2D eigenvalue weighted by Crippen LogP contribution is 2.40. The van der Waals surface area contributed by atoms with E-state index in [0.29, 0.717) is 34.3 Å². The molecule has 2 aromatic carbocycles. The molecular weight excluding hydrogens is 384 g/mol. The minimum absolute atomic E-state index is 0.147. The predicted molar refractivity (Wildman–Crippen MR) is 116 cm³/mol. The van der Waals surface area contributed by atoms with Crippen LogP contribution in [0, 0.1) is 12.3 Å². The first-order valence-corrected chi connectivity index (χ1v) is 9.01. The van der Waals surface area contributed by atoms with E-state index in [9.17, 15) is 4.79 Å². The fourth-order valence-corrected chi connectivity index (χ4v) is 2.69. The molecule has 0 spiro atoms. The lowest BCUT2D eigenvalue weighted by molar-refractivity contribution is -0.110. The first-order valence-electron chi connectivity index (χ1n) is 9.01. The maximum absolute atomic E-state index is 12.3. The van der Waals surface area contributed by atoms with Gasteiger partial charge in [-0.05, 0) is 48.1 Å². The highest BCUT2D eigenvalue weighted by atomic mass is 16.5. The Bertz CT molecular complexity index is 982. The average molecular weight is 408 g/mol. The number of ketones is 1. The van der Waals surface area contributed by atoms with Gasteiger partial charge in [0.2, 0.25) is 5.75 Å². The zero-order valence-electron chi connectivity index (χ0n) is 17.4. The van der Waals surface area contributed by atoms with Crippen molar-refractivity contribution < 1.29 is 28.5 Å². The Morgan fingerprint density at radius 2 is 1.53 bits per heavy atom. The topological polar surface area (TPSA) is 63.2 Å². The van der Waals surface area contributed by atoms with Crippen LogP contribution in [0.5, 0.6) is 28.7 Å². The molecule has 0 bridgehead atoms. The van der Waals surface area contributed by atoms with E-state index >= 15 is 0 Å². The minimum Gasteiger partial charge on any atom is -0.493 e. The van der Waals surface area contributed by atoms with Crippen molar-refractivity contribution in [1.82, 2.24) is 0 Å². The molecule has 30 heavy (non-hydrogen) atoms. The van der Waals surface area contributed by atoms with Crippen molar-refractivity contribution in [3.63, 3.8) is 0 Å². The molecule has 0 fully saturated rings. The van der Waals surface area contributed by atoms with Crippen molar-refractivity contribution >= 4 is 17.9 Å². The summed E-state index contributed by atoms with van der Waals surface area (Å²) in [6.07, 6.45) is 11.5. The molecule has 2 rings (SSSR count). The van der Waals surface area contributed by atoms with Crippen molar-refractivity contribution in [2.75, 3.05) is 35.0 Å². The van der Waals surface area contributed by atoms with Gasteiger partial charge in [0, 0.05) is 5.56 Å². The number of carbonyl (C=O) groups excluding carboxylic acids is 1. The summed E-state index contributed by atoms with van der Waals surface area (Å²) >= 11 is 0. The number of rotatable bonds is 10. The average Bonchev–Trinajstić information content (AvgIpc) is 2.79. The molecule has 2 aromatic rings. The normalized spacial score (nSPS) is 10.6. The molecule has 6 heteroatoms. The Morgan fingerprint density at radius 1 is 0.867 bits per heavy atom. The van der Waals surface area contributed by atoms with E-state index < -0.39 is 0 Å². The Morgan fingerprint density at radius 3 is 2.17 bits per heavy atom. The summed E-state index contributed by atoms with van der Waals surface area (Å²) in [5.74, 6) is 4.77. The predicted octanol–water partition coefficient (Wildman–Crippen LogP) is 4.03. The second kappa shape index (κ2) is 11.2. The summed E-state index contributed by atoms with van der Waals surface area (Å²) in [6, 6.07) is 8.84. The Balaban J connectivity index is 2.17. The van der Waals surface area contributed by atoms with Gasteiger partial charge in [0.25, 0.3) is 0 Å². The summed E-state index contributed by atoms with van der Waals surface area (Å²) < 4.78 is 26.7. The smallest absolute Gasteiger partial charge is 0.203 e. The highest BCUT2D eigenvalue weighted by Gasteiger charge is 2.14. The molecule has 0 saturated carbocycles. The van der Waals surface area contributed by atoms with Crippen LogP contribution in [0.15, 0.2) is 42.5 Å². The third-order valence-corrected chi connectivity index (χ3v) is 4.10. The van der Waals surface area contributed by atoms with E-state index in [2.05, 4.69) is 5.92 Å². The molecule has 0 saturated heterocycles. The van der Waals surface area contributed by atoms with Crippen LogP contribution in [0.1, 0.15) is 11.1 Å². The zero-order valence-corrected chi connectivity index (χ0v) is 17.4. The van der Waals surface area contributed by atoms with E-state index in [4.69, 9.17) is 30.1 Å². The second-order valence-corrected chi connectivity index (χ2v) is 5.90. The minimum atomic E-state index is -0.196. The van der Waals surface area contributed by atoms with E-state index in [-0.39, 0.29) is 12.4 Å². The molecule has 0 amide bonds. The van der Waals surface area contributed by atoms with Gasteiger partial charge >= 0.3 is 0 Å². The fourth-order valence-electron chi connectivity index (χ4n) is 2.69. The number of carbonyl (C=O) groups is 1. The van der Waals surface area contributed by atoms with Crippen molar-refractivity contribution in [3.05, 3.63) is 53.6 Å². The van der Waals surface area contributed by atoms with E-state index in [1.807, 2.05) is 0 Å². The first kappa shape index (κ1) is 22.4. The van der Waals surface area contributed by atoms with Gasteiger partial charge in [-0.15, -0.1) is 6.42 Å². The van der Waals surface area contributed by atoms with E-state index in [1.54, 1.807) is 49.6 Å². The number of ether oxygens (including phenoxy) is 5. The molecular formula is C24H24O6. The lowest BCUT2D eigenvalue weighted by Crippen LogP contribution is -1.97. The fraction of sp³-hybridized carbons (Fsp3) is 0.208. The van der Waals surface area contributed by atoms with Crippen molar-refractivity contribution in [3.8, 4) is 41.1 Å². The molecule has 0 aromatic heterocycles. The highest BCUT2D eigenvalue weighted by molar-refractivity contribution is 6.04. The monoisotopic (exact) mass is 408 g/mol. The first-order chi connectivity index (χ1) is 14.6. The quantitative estimate of drug-likeness (QED) is 0.437. The molecule has 156 valence electrons. The zero-order chi connectivity index (χ0) is 21.9. The molecule has 0 heterocycles. The lowest BCUT2D eigenvalue weighted by atomic mass is 10.1. The van der Waals surface area contributed by atoms with Crippen LogP contribution in [-0.4, -0.2) is 40.8 Å². The SMILES string of the molecule is C#CCOc1ccc(/C=C/C(=O)/C=C/c2ccc(OC)c(OC)c2OC)cc1OC. The van der Waals surface area contributed by atoms with Gasteiger partial charge in [-0.2, -0.15) is 0 Å². The lowest BCUT2D eigenvalue weighted by Gasteiger charge is -2.13. The van der Waals surface area contributed by atoms with Crippen LogP contribution in [-0.2, 0) is 4.79 Å². The van der Waals surface area contributed by atoms with Crippen LogP contribution in [0.2, 0.25) is 0 Å². The summed E-state index contributed by atoms with van der Waals surface area (Å²) in [5, 5.41) is 0. The summed E-state index contributed by atoms with van der Waals surface area (Å²) in [7, 11) is 6.14. The third-order valence-electron chi connectivity index (χ3n) is 4.10. The van der Waals surface area contributed by atoms with Gasteiger partial charge in [-0.25, -0.2) is 0 Å². The Hall–Kier alpha value is -3.85. The number of methoxy groups -OCH3 is 4. The second-order valence-electron chi connectivity index (χ2n) is 5.90. The molecule has 0 atom stereocenters. The Labute approximate surface area is 176 Å².